The molecule has 0 aromatic heterocycles. The Balaban J connectivity index is 1.17. The fourth-order valence-electron chi connectivity index (χ4n) is 4.75. The fourth-order valence-corrected chi connectivity index (χ4v) is 4.75. The van der Waals surface area contributed by atoms with Gasteiger partial charge in [0.25, 0.3) is 0 Å². The Bertz CT molecular complexity index is 298. The van der Waals surface area contributed by atoms with Gasteiger partial charge in [0.15, 0.2) is 0 Å². The second-order valence-corrected chi connectivity index (χ2v) is 7.77. The topological polar surface area (TPSA) is 15.7 Å². The summed E-state index contributed by atoms with van der Waals surface area (Å²) in [6, 6.07) is 0. The molecule has 6 aliphatic heterocycles. The van der Waals surface area contributed by atoms with Gasteiger partial charge in [0.05, 0.1) is 52.5 Å². The van der Waals surface area contributed by atoms with Crippen molar-refractivity contribution in [2.24, 2.45) is 0 Å². The number of nitrogens with zero attached hydrogens (tertiary/aromatic N) is 4. The highest BCUT2D eigenvalue weighted by Crippen LogP contribution is 2.20. The zero-order chi connectivity index (χ0) is 14.2. The first-order valence-corrected chi connectivity index (χ1v) is 9.00. The third-order valence-corrected chi connectivity index (χ3v) is 6.76. The SMILES string of the molecule is C(C[N+]12CCN(CC1)CC2)OCC[N+]12CCN(CC1)CC2. The van der Waals surface area contributed by atoms with Crippen molar-refractivity contribution >= 4 is 0 Å². The second-order valence-electron chi connectivity index (χ2n) is 7.77. The first kappa shape index (κ1) is 14.4. The average molecular weight is 296 g/mol. The summed E-state index contributed by atoms with van der Waals surface area (Å²) in [5, 5.41) is 0. The van der Waals surface area contributed by atoms with Gasteiger partial charge in [-0.15, -0.1) is 0 Å². The van der Waals surface area contributed by atoms with Crippen LogP contribution in [0.2, 0.25) is 0 Å². The van der Waals surface area contributed by atoms with E-state index in [2.05, 4.69) is 9.80 Å². The van der Waals surface area contributed by atoms with E-state index in [1.807, 2.05) is 0 Å². The van der Waals surface area contributed by atoms with E-state index in [1.54, 1.807) is 0 Å². The van der Waals surface area contributed by atoms with E-state index in [9.17, 15) is 0 Å². The van der Waals surface area contributed by atoms with Gasteiger partial charge in [-0.1, -0.05) is 0 Å². The van der Waals surface area contributed by atoms with E-state index in [4.69, 9.17) is 4.74 Å². The number of rotatable bonds is 6. The summed E-state index contributed by atoms with van der Waals surface area (Å²) in [4.78, 5) is 5.24. The Morgan fingerprint density at radius 2 is 0.905 bits per heavy atom. The molecule has 120 valence electrons. The molecule has 21 heavy (non-hydrogen) atoms. The largest absolute Gasteiger partial charge is 0.370 e. The quantitative estimate of drug-likeness (QED) is 0.476. The number of fused-ring (bicyclic) bond motifs is 6. The average Bonchev–Trinajstić information content (AvgIpc) is 2.58. The fraction of sp³-hybridized carbons (Fsp3) is 1.00. The molecule has 6 saturated heterocycles. The zero-order valence-corrected chi connectivity index (χ0v) is 13.5. The van der Waals surface area contributed by atoms with Gasteiger partial charge in [-0.05, 0) is 0 Å². The summed E-state index contributed by atoms with van der Waals surface area (Å²) in [5.41, 5.74) is 0. The molecule has 6 heterocycles. The standard InChI is InChI=1S/C16H32N4O/c1-7-19(8-2-17(1)3-9-19)13-15-21-16-14-20-10-4-18(5-11-20)6-12-20/h1-16H2/q+2. The minimum atomic E-state index is 0.978. The number of piperazine rings is 6. The van der Waals surface area contributed by atoms with Crippen LogP contribution in [0.3, 0.4) is 0 Å². The molecule has 0 saturated carbocycles. The van der Waals surface area contributed by atoms with Crippen LogP contribution in [0.25, 0.3) is 0 Å². The molecular formula is C16H32N4O+2. The van der Waals surface area contributed by atoms with Gasteiger partial charge in [0.1, 0.15) is 13.1 Å². The normalized spacial score (nSPS) is 45.1. The Hall–Kier alpha value is -0.200. The van der Waals surface area contributed by atoms with Crippen molar-refractivity contribution in [3.05, 3.63) is 0 Å². The van der Waals surface area contributed by atoms with Crippen LogP contribution < -0.4 is 0 Å². The minimum Gasteiger partial charge on any atom is -0.370 e. The van der Waals surface area contributed by atoms with E-state index in [0.29, 0.717) is 0 Å². The molecule has 0 aromatic rings. The summed E-state index contributed by atoms with van der Waals surface area (Å²) in [7, 11) is 0. The van der Waals surface area contributed by atoms with Crippen LogP contribution in [0.4, 0.5) is 0 Å². The summed E-state index contributed by atoms with van der Waals surface area (Å²) in [6.07, 6.45) is 0. The van der Waals surface area contributed by atoms with Gasteiger partial charge in [-0.2, -0.15) is 0 Å². The summed E-state index contributed by atoms with van der Waals surface area (Å²) >= 11 is 0. The monoisotopic (exact) mass is 296 g/mol. The predicted octanol–water partition coefficient (Wildman–Crippen LogP) is -0.705. The van der Waals surface area contributed by atoms with Crippen LogP contribution in [0.1, 0.15) is 0 Å². The van der Waals surface area contributed by atoms with Crippen molar-refractivity contribution in [2.45, 2.75) is 0 Å². The second kappa shape index (κ2) is 5.78. The lowest BCUT2D eigenvalue weighted by molar-refractivity contribution is -0.944. The van der Waals surface area contributed by atoms with Crippen LogP contribution in [-0.4, -0.2) is 124 Å². The van der Waals surface area contributed by atoms with Gasteiger partial charge < -0.3 is 13.7 Å². The highest BCUT2D eigenvalue weighted by Gasteiger charge is 2.39. The Morgan fingerprint density at radius 3 is 1.24 bits per heavy atom. The molecular weight excluding hydrogens is 264 g/mol. The molecule has 0 spiro atoms. The number of quaternary nitrogens is 2. The van der Waals surface area contributed by atoms with Gasteiger partial charge in [-0.25, -0.2) is 0 Å². The first-order valence-electron chi connectivity index (χ1n) is 9.00. The van der Waals surface area contributed by atoms with Crippen LogP contribution >= 0.6 is 0 Å². The van der Waals surface area contributed by atoms with Gasteiger partial charge >= 0.3 is 0 Å². The Kier molecular flexibility index (Phi) is 3.96. The van der Waals surface area contributed by atoms with Crippen molar-refractivity contribution in [3.63, 3.8) is 0 Å². The number of hydrogen-bond acceptors (Lipinski definition) is 3. The molecule has 0 aromatic carbocycles. The van der Waals surface area contributed by atoms with E-state index in [-0.39, 0.29) is 0 Å². The Labute approximate surface area is 129 Å². The van der Waals surface area contributed by atoms with Crippen LogP contribution in [0, 0.1) is 0 Å². The van der Waals surface area contributed by atoms with Gasteiger partial charge in [0, 0.05) is 39.3 Å². The van der Waals surface area contributed by atoms with Crippen molar-refractivity contribution in [3.8, 4) is 0 Å². The number of hydrogen-bond donors (Lipinski definition) is 0. The maximum Gasteiger partial charge on any atom is 0.103 e. The molecule has 0 unspecified atom stereocenters. The summed E-state index contributed by atoms with van der Waals surface area (Å²) in [5.74, 6) is 0. The lowest BCUT2D eigenvalue weighted by Gasteiger charge is -2.51. The lowest BCUT2D eigenvalue weighted by Crippen LogP contribution is -2.68. The van der Waals surface area contributed by atoms with Crippen LogP contribution in [0.15, 0.2) is 0 Å². The van der Waals surface area contributed by atoms with E-state index in [0.717, 1.165) is 13.2 Å². The van der Waals surface area contributed by atoms with Crippen molar-refractivity contribution in [1.82, 2.24) is 9.80 Å². The van der Waals surface area contributed by atoms with E-state index in [1.165, 1.54) is 101 Å². The number of ether oxygens (including phenoxy) is 1. The molecule has 0 aliphatic carbocycles. The summed E-state index contributed by atoms with van der Waals surface area (Å²) in [6.45, 7) is 20.5. The van der Waals surface area contributed by atoms with Crippen LogP contribution in [0.5, 0.6) is 0 Å². The van der Waals surface area contributed by atoms with Crippen molar-refractivity contribution in [1.29, 1.82) is 0 Å². The van der Waals surface area contributed by atoms with Gasteiger partial charge in [0.2, 0.25) is 0 Å². The lowest BCUT2D eigenvalue weighted by atomic mass is 10.1. The third kappa shape index (κ3) is 2.99. The molecule has 0 radical (unpaired) electrons. The van der Waals surface area contributed by atoms with E-state index < -0.39 is 0 Å². The molecule has 6 aliphatic rings. The molecule has 6 fully saturated rings. The molecule has 6 rings (SSSR count). The highest BCUT2D eigenvalue weighted by atomic mass is 16.5. The molecule has 0 amide bonds. The summed E-state index contributed by atoms with van der Waals surface area (Å²) < 4.78 is 8.75. The van der Waals surface area contributed by atoms with Crippen molar-refractivity contribution < 1.29 is 13.7 Å². The molecule has 4 bridgehead atoms. The maximum atomic E-state index is 6.07. The smallest absolute Gasteiger partial charge is 0.103 e. The van der Waals surface area contributed by atoms with Crippen LogP contribution in [-0.2, 0) is 4.74 Å². The molecule has 5 nitrogen and oxygen atoms in total. The zero-order valence-electron chi connectivity index (χ0n) is 13.5. The maximum absolute atomic E-state index is 6.07. The van der Waals surface area contributed by atoms with Crippen molar-refractivity contribution in [2.75, 3.05) is 105 Å². The van der Waals surface area contributed by atoms with Gasteiger partial charge in [-0.3, -0.25) is 9.80 Å². The molecule has 0 atom stereocenters. The highest BCUT2D eigenvalue weighted by molar-refractivity contribution is 4.71. The molecule has 5 heteroatoms. The first-order chi connectivity index (χ1) is 10.3. The molecule has 0 N–H and O–H groups in total. The minimum absolute atomic E-state index is 0.978. The third-order valence-electron chi connectivity index (χ3n) is 6.76. The predicted molar refractivity (Wildman–Crippen MR) is 83.2 cm³/mol. The Morgan fingerprint density at radius 1 is 0.571 bits per heavy atom. The van der Waals surface area contributed by atoms with E-state index >= 15 is 0 Å².